The van der Waals surface area contributed by atoms with Gasteiger partial charge in [-0.15, -0.1) is 0 Å². The quantitative estimate of drug-likeness (QED) is 0.811. The highest BCUT2D eigenvalue weighted by Crippen LogP contribution is 2.40. The molecule has 0 aromatic heterocycles. The van der Waals surface area contributed by atoms with Crippen LogP contribution in [-0.2, 0) is 0 Å². The maximum Gasteiger partial charge on any atom is 0.271 e. The number of rotatable bonds is 5. The van der Waals surface area contributed by atoms with E-state index < -0.39 is 0 Å². The van der Waals surface area contributed by atoms with Crippen molar-refractivity contribution < 1.29 is 19.0 Å². The lowest BCUT2D eigenvalue weighted by Crippen LogP contribution is -2.29. The molecule has 6 nitrogen and oxygen atoms in total. The maximum atomic E-state index is 12.5. The van der Waals surface area contributed by atoms with Crippen LogP contribution in [0, 0.1) is 11.8 Å². The summed E-state index contributed by atoms with van der Waals surface area (Å²) in [5.41, 5.74) is 4.23. The van der Waals surface area contributed by atoms with Crippen LogP contribution in [-0.4, -0.2) is 32.9 Å². The first-order chi connectivity index (χ1) is 12.7. The monoisotopic (exact) mass is 360 g/mol. The van der Waals surface area contributed by atoms with Gasteiger partial charge in [-0.25, -0.2) is 5.43 Å². The number of methoxy groups -OCH3 is 3. The predicted molar refractivity (Wildman–Crippen MR) is 100 cm³/mol. The number of nitrogens with zero attached hydrogens (tertiary/aromatic N) is 1. The second-order valence-corrected chi connectivity index (χ2v) is 7.08. The number of hydrogen-bond donors (Lipinski definition) is 1. The van der Waals surface area contributed by atoms with E-state index in [1.807, 2.05) is 0 Å². The normalized spacial score (nSPS) is 23.9. The first-order valence-electron chi connectivity index (χ1n) is 9.32. The molecule has 2 aliphatic carbocycles. The van der Waals surface area contributed by atoms with Crippen LogP contribution in [0.4, 0.5) is 0 Å². The van der Waals surface area contributed by atoms with E-state index in [4.69, 9.17) is 14.2 Å². The van der Waals surface area contributed by atoms with E-state index in [0.29, 0.717) is 22.8 Å². The zero-order valence-corrected chi connectivity index (χ0v) is 15.8. The molecule has 0 aliphatic heterocycles. The lowest BCUT2D eigenvalue weighted by atomic mass is 9.70. The van der Waals surface area contributed by atoms with Crippen molar-refractivity contribution >= 4 is 11.6 Å². The third-order valence-corrected chi connectivity index (χ3v) is 5.61. The highest BCUT2D eigenvalue weighted by Gasteiger charge is 2.30. The molecular formula is C20H28N2O4. The summed E-state index contributed by atoms with van der Waals surface area (Å²) < 4.78 is 15.9. The smallest absolute Gasteiger partial charge is 0.271 e. The molecule has 2 atom stereocenters. The van der Waals surface area contributed by atoms with E-state index in [1.165, 1.54) is 53.4 Å². The highest BCUT2D eigenvalue weighted by molar-refractivity contribution is 5.96. The summed E-state index contributed by atoms with van der Waals surface area (Å²) in [5.74, 6) is 2.69. The molecule has 3 rings (SSSR count). The summed E-state index contributed by atoms with van der Waals surface area (Å²) in [6, 6.07) is 3.27. The number of ether oxygens (including phenoxy) is 3. The number of carbonyl (C=O) groups is 1. The molecule has 2 aliphatic rings. The Hall–Kier alpha value is -2.24. The molecule has 0 spiro atoms. The molecule has 142 valence electrons. The second-order valence-electron chi connectivity index (χ2n) is 7.08. The number of hydrogen-bond acceptors (Lipinski definition) is 5. The first-order valence-corrected chi connectivity index (χ1v) is 9.32. The summed E-state index contributed by atoms with van der Waals surface area (Å²) >= 11 is 0. The number of nitrogens with one attached hydrogen (secondary N) is 1. The molecule has 1 amide bonds. The number of benzene rings is 1. The fraction of sp³-hybridized carbons (Fsp3) is 0.600. The Bertz CT molecular complexity index is 661. The van der Waals surface area contributed by atoms with Crippen LogP contribution in [0.2, 0.25) is 0 Å². The molecule has 0 unspecified atom stereocenters. The van der Waals surface area contributed by atoms with Gasteiger partial charge >= 0.3 is 0 Å². The Balaban J connectivity index is 1.70. The molecular weight excluding hydrogens is 332 g/mol. The molecule has 0 heterocycles. The number of hydrazone groups is 1. The number of fused-ring (bicyclic) bond motifs is 1. The van der Waals surface area contributed by atoms with Crippen molar-refractivity contribution in [3.8, 4) is 17.2 Å². The topological polar surface area (TPSA) is 69.2 Å². The SMILES string of the molecule is COc1cc(C(=O)N/N=C2/CC[C@@H]3CCCC[C@@H]3C2)cc(OC)c1OC. The summed E-state index contributed by atoms with van der Waals surface area (Å²) in [4.78, 5) is 12.5. The molecule has 1 N–H and O–H groups in total. The second kappa shape index (κ2) is 8.43. The Morgan fingerprint density at radius 1 is 1.00 bits per heavy atom. The molecule has 1 aromatic carbocycles. The highest BCUT2D eigenvalue weighted by atomic mass is 16.5. The minimum atomic E-state index is -0.275. The van der Waals surface area contributed by atoms with Gasteiger partial charge in [-0.05, 0) is 49.7 Å². The van der Waals surface area contributed by atoms with Crippen LogP contribution in [0.3, 0.4) is 0 Å². The summed E-state index contributed by atoms with van der Waals surface area (Å²) in [7, 11) is 4.59. The fourth-order valence-corrected chi connectivity index (χ4v) is 4.20. The van der Waals surface area contributed by atoms with Gasteiger partial charge in [0.05, 0.1) is 21.3 Å². The third-order valence-electron chi connectivity index (χ3n) is 5.61. The van der Waals surface area contributed by atoms with E-state index in [2.05, 4.69) is 10.5 Å². The van der Waals surface area contributed by atoms with Crippen molar-refractivity contribution in [2.75, 3.05) is 21.3 Å². The zero-order valence-electron chi connectivity index (χ0n) is 15.8. The Kier molecular flexibility index (Phi) is 6.01. The molecule has 2 fully saturated rings. The summed E-state index contributed by atoms with van der Waals surface area (Å²) in [6.07, 6.45) is 8.54. The molecule has 26 heavy (non-hydrogen) atoms. The van der Waals surface area contributed by atoms with Crippen molar-refractivity contribution in [1.82, 2.24) is 5.43 Å². The Morgan fingerprint density at radius 3 is 2.27 bits per heavy atom. The van der Waals surface area contributed by atoms with E-state index in [1.54, 1.807) is 12.1 Å². The molecule has 0 bridgehead atoms. The molecule has 2 saturated carbocycles. The number of amides is 1. The van der Waals surface area contributed by atoms with E-state index in [9.17, 15) is 4.79 Å². The molecule has 0 saturated heterocycles. The van der Waals surface area contributed by atoms with Crippen LogP contribution >= 0.6 is 0 Å². The lowest BCUT2D eigenvalue weighted by molar-refractivity contribution is 0.0953. The fourth-order valence-electron chi connectivity index (χ4n) is 4.20. The van der Waals surface area contributed by atoms with Crippen LogP contribution < -0.4 is 19.6 Å². The van der Waals surface area contributed by atoms with E-state index in [-0.39, 0.29) is 5.91 Å². The van der Waals surface area contributed by atoms with Crippen molar-refractivity contribution in [2.24, 2.45) is 16.9 Å². The molecule has 0 radical (unpaired) electrons. The van der Waals surface area contributed by atoms with Gasteiger partial charge in [-0.1, -0.05) is 19.3 Å². The first kappa shape index (κ1) is 18.5. The van der Waals surface area contributed by atoms with Gasteiger partial charge in [-0.2, -0.15) is 5.10 Å². The minimum absolute atomic E-state index is 0.275. The van der Waals surface area contributed by atoms with Crippen LogP contribution in [0.1, 0.15) is 55.3 Å². The average Bonchev–Trinajstić information content (AvgIpc) is 2.70. The largest absolute Gasteiger partial charge is 0.493 e. The van der Waals surface area contributed by atoms with Crippen molar-refractivity contribution in [2.45, 2.75) is 44.9 Å². The van der Waals surface area contributed by atoms with E-state index >= 15 is 0 Å². The van der Waals surface area contributed by atoms with Crippen LogP contribution in [0.5, 0.6) is 17.2 Å². The van der Waals surface area contributed by atoms with Gasteiger partial charge in [-0.3, -0.25) is 4.79 Å². The Labute approximate surface area is 154 Å². The summed E-state index contributed by atoms with van der Waals surface area (Å²) in [5, 5.41) is 4.41. The van der Waals surface area contributed by atoms with Gasteiger partial charge in [0.1, 0.15) is 0 Å². The van der Waals surface area contributed by atoms with E-state index in [0.717, 1.165) is 30.4 Å². The average molecular weight is 360 g/mol. The van der Waals surface area contributed by atoms with Gasteiger partial charge < -0.3 is 14.2 Å². The van der Waals surface area contributed by atoms with Gasteiger partial charge in [0.15, 0.2) is 11.5 Å². The van der Waals surface area contributed by atoms with Crippen LogP contribution in [0.15, 0.2) is 17.2 Å². The van der Waals surface area contributed by atoms with Crippen molar-refractivity contribution in [3.05, 3.63) is 17.7 Å². The van der Waals surface area contributed by atoms with Gasteiger partial charge in [0, 0.05) is 11.3 Å². The number of carbonyl (C=O) groups excluding carboxylic acids is 1. The molecule has 6 heteroatoms. The predicted octanol–water partition coefficient (Wildman–Crippen LogP) is 3.79. The lowest BCUT2D eigenvalue weighted by Gasteiger charge is -2.35. The third kappa shape index (κ3) is 3.94. The molecule has 1 aromatic rings. The Morgan fingerprint density at radius 2 is 1.65 bits per heavy atom. The zero-order chi connectivity index (χ0) is 18.5. The van der Waals surface area contributed by atoms with Gasteiger partial charge in [0.25, 0.3) is 5.91 Å². The maximum absolute atomic E-state index is 12.5. The minimum Gasteiger partial charge on any atom is -0.493 e. The summed E-state index contributed by atoms with van der Waals surface area (Å²) in [6.45, 7) is 0. The van der Waals surface area contributed by atoms with Gasteiger partial charge in [0.2, 0.25) is 5.75 Å². The van der Waals surface area contributed by atoms with Crippen molar-refractivity contribution in [3.63, 3.8) is 0 Å². The van der Waals surface area contributed by atoms with Crippen LogP contribution in [0.25, 0.3) is 0 Å². The van der Waals surface area contributed by atoms with Crippen molar-refractivity contribution in [1.29, 1.82) is 0 Å². The standard InChI is InChI=1S/C20H28N2O4/c1-24-17-11-15(12-18(25-2)19(17)26-3)20(23)22-21-16-9-8-13-6-4-5-7-14(13)10-16/h11-14H,4-10H2,1-3H3,(H,22,23)/b21-16-/t13-,14+/m0/s1.